The van der Waals surface area contributed by atoms with Crippen LogP contribution in [-0.2, 0) is 0 Å². The van der Waals surface area contributed by atoms with E-state index < -0.39 is 0 Å². The Hall–Kier alpha value is 1.08. The van der Waals surface area contributed by atoms with Gasteiger partial charge in [0.05, 0.1) is 0 Å². The molecule has 1 aliphatic heterocycles. The summed E-state index contributed by atoms with van der Waals surface area (Å²) in [6, 6.07) is 0. The van der Waals surface area contributed by atoms with Crippen LogP contribution in [0, 0.1) is 0 Å². The molecule has 0 radical (unpaired) electrons. The van der Waals surface area contributed by atoms with Crippen LogP contribution in [0.2, 0.25) is 0 Å². The number of rotatable bonds is 2. The highest BCUT2D eigenvalue weighted by Crippen LogP contribution is 2.61. The zero-order valence-electron chi connectivity index (χ0n) is 6.03. The monoisotopic (exact) mass is 258 g/mol. The first-order valence-corrected chi connectivity index (χ1v) is 8.41. The maximum absolute atomic E-state index is 2.75. The molecule has 0 aromatic carbocycles. The summed E-state index contributed by atoms with van der Waals surface area (Å²) in [5.41, 5.74) is 0. The molecule has 56 valence electrons. The Morgan fingerprint density at radius 2 is 1.89 bits per heavy atom. The van der Waals surface area contributed by atoms with Crippen molar-refractivity contribution in [3.8, 4) is 0 Å². The van der Waals surface area contributed by atoms with Crippen LogP contribution in [0.25, 0.3) is 0 Å². The minimum absolute atomic E-state index is 0.0838. The fourth-order valence-electron chi connectivity index (χ4n) is 1.39. The van der Waals surface area contributed by atoms with E-state index in [9.17, 15) is 0 Å². The van der Waals surface area contributed by atoms with Crippen LogP contribution >= 0.6 is 28.4 Å². The van der Waals surface area contributed by atoms with Crippen molar-refractivity contribution in [2.75, 3.05) is 17.3 Å². The van der Waals surface area contributed by atoms with Gasteiger partial charge in [-0.15, -0.1) is 0 Å². The van der Waals surface area contributed by atoms with Crippen molar-refractivity contribution in [3.63, 3.8) is 0 Å². The van der Waals surface area contributed by atoms with Gasteiger partial charge in [0.2, 0.25) is 0 Å². The van der Waals surface area contributed by atoms with Gasteiger partial charge in [0, 0.05) is 0 Å². The molecule has 0 saturated carbocycles. The van der Waals surface area contributed by atoms with E-state index in [-0.39, 0.29) is 7.20 Å². The number of hydrogen-bond acceptors (Lipinski definition) is 0. The summed E-state index contributed by atoms with van der Waals surface area (Å²) in [4.78, 5) is 0. The number of halogens is 1. The van der Waals surface area contributed by atoms with Crippen LogP contribution in [0.5, 0.6) is 0 Å². The molecule has 1 saturated heterocycles. The zero-order valence-corrected chi connectivity index (χ0v) is 9.00. The lowest BCUT2D eigenvalue weighted by atomic mass is 10.4. The highest BCUT2D eigenvalue weighted by molar-refractivity contribution is 14.2. The van der Waals surface area contributed by atoms with E-state index in [2.05, 4.69) is 28.1 Å². The summed E-state index contributed by atoms with van der Waals surface area (Å²) < 4.78 is 0. The molecule has 1 fully saturated rings. The third kappa shape index (κ3) is 2.30. The predicted molar refractivity (Wildman–Crippen MR) is 55.7 cm³/mol. The van der Waals surface area contributed by atoms with Gasteiger partial charge in [0.25, 0.3) is 0 Å². The second kappa shape index (κ2) is 3.46. The third-order valence-electron chi connectivity index (χ3n) is 1.84. The first-order valence-electron chi connectivity index (χ1n) is 3.73. The Labute approximate surface area is 71.7 Å². The molecule has 0 aromatic rings. The van der Waals surface area contributed by atoms with Crippen LogP contribution in [0.15, 0.2) is 0 Å². The van der Waals surface area contributed by atoms with E-state index in [4.69, 9.17) is 0 Å². The Balaban J connectivity index is 2.32. The first kappa shape index (κ1) is 8.18. The van der Waals surface area contributed by atoms with E-state index >= 15 is 0 Å². The number of hydrogen-bond donors (Lipinski definition) is 0. The molecule has 1 heterocycles. The largest absolute Gasteiger partial charge is 0.187 e. The van der Waals surface area contributed by atoms with Crippen molar-refractivity contribution >= 4 is 28.4 Å². The molecular weight excluding hydrogens is 243 g/mol. The minimum Gasteiger partial charge on any atom is -0.187 e. The van der Waals surface area contributed by atoms with E-state index in [0.29, 0.717) is 0 Å². The molecular formula is C7H15IS. The molecule has 0 spiro atoms. The van der Waals surface area contributed by atoms with Gasteiger partial charge in [-0.2, -0.15) is 7.20 Å². The smallest absolute Gasteiger partial charge is 0.0143 e. The Morgan fingerprint density at radius 1 is 1.33 bits per heavy atom. The van der Waals surface area contributed by atoms with E-state index in [1.54, 1.807) is 11.5 Å². The molecule has 2 heteroatoms. The van der Waals surface area contributed by atoms with Crippen LogP contribution in [0.3, 0.4) is 0 Å². The average molecular weight is 258 g/mol. The average Bonchev–Trinajstić information content (AvgIpc) is 2.16. The van der Waals surface area contributed by atoms with Crippen LogP contribution in [-0.4, -0.2) is 17.3 Å². The summed E-state index contributed by atoms with van der Waals surface area (Å²) in [5.74, 6) is 4.64. The van der Waals surface area contributed by atoms with E-state index in [1.807, 2.05) is 0 Å². The fraction of sp³-hybridized carbons (Fsp3) is 1.00. The van der Waals surface area contributed by atoms with Crippen LogP contribution in [0.4, 0.5) is 0 Å². The predicted octanol–water partition coefficient (Wildman–Crippen LogP) is 3.34. The molecule has 0 bridgehead atoms. The van der Waals surface area contributed by atoms with Gasteiger partial charge in [-0.3, -0.25) is 0 Å². The maximum atomic E-state index is 2.75. The quantitative estimate of drug-likeness (QED) is 0.666. The van der Waals surface area contributed by atoms with Gasteiger partial charge in [0.15, 0.2) is 0 Å². The molecule has 0 atom stereocenters. The second-order valence-corrected chi connectivity index (χ2v) is 11.5. The lowest BCUT2D eigenvalue weighted by Gasteiger charge is -2.26. The highest BCUT2D eigenvalue weighted by atomic mass is 127. The maximum Gasteiger partial charge on any atom is -0.0143 e. The topological polar surface area (TPSA) is 0 Å². The normalized spacial score (nSPS) is 28.2. The fourth-order valence-corrected chi connectivity index (χ4v) is 7.37. The molecule has 0 unspecified atom stereocenters. The minimum atomic E-state index is -0.0838. The Morgan fingerprint density at radius 3 is 2.33 bits per heavy atom. The molecule has 0 aromatic heterocycles. The van der Waals surface area contributed by atoms with Crippen molar-refractivity contribution in [1.29, 1.82) is 0 Å². The second-order valence-electron chi connectivity index (χ2n) is 2.76. The summed E-state index contributed by atoms with van der Waals surface area (Å²) in [7, 11) is -0.0838. The van der Waals surface area contributed by atoms with Gasteiger partial charge < -0.3 is 0 Å². The zero-order chi connectivity index (χ0) is 6.74. The third-order valence-corrected chi connectivity index (χ3v) is 8.98. The summed E-state index contributed by atoms with van der Waals surface area (Å²) in [5, 5.41) is 0. The molecule has 0 aliphatic carbocycles. The van der Waals surface area contributed by atoms with Crippen molar-refractivity contribution in [3.05, 3.63) is 0 Å². The first-order chi connectivity index (χ1) is 4.27. The van der Waals surface area contributed by atoms with Crippen molar-refractivity contribution in [2.45, 2.75) is 26.2 Å². The van der Waals surface area contributed by atoms with Crippen molar-refractivity contribution in [1.82, 2.24) is 0 Å². The van der Waals surface area contributed by atoms with E-state index in [0.717, 1.165) is 0 Å². The molecule has 1 rings (SSSR count). The summed E-state index contributed by atoms with van der Waals surface area (Å²) in [6.45, 7) is 2.31. The van der Waals surface area contributed by atoms with Gasteiger partial charge in [-0.1, -0.05) is 6.92 Å². The molecule has 0 nitrogen and oxygen atoms in total. The van der Waals surface area contributed by atoms with Gasteiger partial charge in [-0.05, 0) is 57.7 Å². The SMILES string of the molecule is CCCS1(I)CCCC1. The molecule has 9 heavy (non-hydrogen) atoms. The van der Waals surface area contributed by atoms with Gasteiger partial charge >= 0.3 is 0 Å². The van der Waals surface area contributed by atoms with Crippen molar-refractivity contribution in [2.24, 2.45) is 0 Å². The lowest BCUT2D eigenvalue weighted by Crippen LogP contribution is -1.96. The highest BCUT2D eigenvalue weighted by Gasteiger charge is 2.23. The summed E-state index contributed by atoms with van der Waals surface area (Å²) >= 11 is 2.75. The Bertz CT molecular complexity index is 86.9. The van der Waals surface area contributed by atoms with Crippen molar-refractivity contribution < 1.29 is 0 Å². The summed E-state index contributed by atoms with van der Waals surface area (Å²) in [6.07, 6.45) is 4.43. The molecule has 0 amide bonds. The van der Waals surface area contributed by atoms with Crippen LogP contribution < -0.4 is 0 Å². The lowest BCUT2D eigenvalue weighted by molar-refractivity contribution is 0.949. The van der Waals surface area contributed by atoms with Gasteiger partial charge in [-0.25, -0.2) is 0 Å². The Kier molecular flexibility index (Phi) is 3.15. The van der Waals surface area contributed by atoms with Crippen LogP contribution in [0.1, 0.15) is 26.2 Å². The van der Waals surface area contributed by atoms with Gasteiger partial charge in [0.1, 0.15) is 0 Å². The van der Waals surface area contributed by atoms with E-state index in [1.165, 1.54) is 25.0 Å². The standard InChI is InChI=1S/C7H15IS/c1-2-5-9(8)6-3-4-7-9/h2-7H2,1H3. The molecule has 0 N–H and O–H groups in total. The molecule has 1 aliphatic rings.